The van der Waals surface area contributed by atoms with E-state index in [1.54, 1.807) is 17.4 Å². The number of hydrogen-bond donors (Lipinski definition) is 1. The summed E-state index contributed by atoms with van der Waals surface area (Å²) in [4.78, 5) is 1.31. The van der Waals surface area contributed by atoms with E-state index in [2.05, 4.69) is 39.6 Å². The largest absolute Gasteiger partial charge is 0.305 e. The fourth-order valence-corrected chi connectivity index (χ4v) is 2.82. The topological polar surface area (TPSA) is 12.0 Å². The van der Waals surface area contributed by atoms with Gasteiger partial charge < -0.3 is 5.32 Å². The molecule has 0 radical (unpaired) electrons. The summed E-state index contributed by atoms with van der Waals surface area (Å²) in [5, 5.41) is 5.49. The maximum absolute atomic E-state index is 12.9. The molecule has 0 aliphatic carbocycles. The van der Waals surface area contributed by atoms with Crippen molar-refractivity contribution in [2.45, 2.75) is 19.5 Å². The summed E-state index contributed by atoms with van der Waals surface area (Å²) in [6.07, 6.45) is 0. The van der Waals surface area contributed by atoms with Gasteiger partial charge in [-0.1, -0.05) is 28.1 Å². The van der Waals surface area contributed by atoms with Gasteiger partial charge in [-0.2, -0.15) is 0 Å². The quantitative estimate of drug-likeness (QED) is 0.876. The normalized spacial score (nSPS) is 12.6. The number of nitrogens with one attached hydrogen (secondary N) is 1. The molecule has 4 heteroatoms. The minimum atomic E-state index is -0.216. The van der Waals surface area contributed by atoms with E-state index in [9.17, 15) is 4.39 Å². The molecular formula is C13H13BrFNS. The van der Waals surface area contributed by atoms with Gasteiger partial charge in [0.2, 0.25) is 0 Å². The predicted molar refractivity (Wildman–Crippen MR) is 73.7 cm³/mol. The van der Waals surface area contributed by atoms with Crippen molar-refractivity contribution in [1.29, 1.82) is 0 Å². The average Bonchev–Trinajstić information content (AvgIpc) is 2.81. The number of rotatable bonds is 4. The lowest BCUT2D eigenvalue weighted by Crippen LogP contribution is -2.17. The summed E-state index contributed by atoms with van der Waals surface area (Å²) >= 11 is 5.11. The zero-order chi connectivity index (χ0) is 12.3. The molecule has 0 aliphatic rings. The highest BCUT2D eigenvalue weighted by Gasteiger charge is 2.07. The van der Waals surface area contributed by atoms with E-state index < -0.39 is 0 Å². The average molecular weight is 314 g/mol. The van der Waals surface area contributed by atoms with Gasteiger partial charge in [-0.05, 0) is 36.1 Å². The minimum Gasteiger partial charge on any atom is -0.305 e. The Morgan fingerprint density at radius 3 is 2.88 bits per heavy atom. The first kappa shape index (κ1) is 12.7. The SMILES string of the molecule is C[C@@H](NCc1ccc(F)cc1Br)c1cccs1. The Bertz CT molecular complexity index is 484. The minimum absolute atomic E-state index is 0.216. The molecule has 0 saturated heterocycles. The lowest BCUT2D eigenvalue weighted by Gasteiger charge is -2.13. The van der Waals surface area contributed by atoms with Gasteiger partial charge >= 0.3 is 0 Å². The van der Waals surface area contributed by atoms with Crippen LogP contribution in [0.15, 0.2) is 40.2 Å². The van der Waals surface area contributed by atoms with Crippen molar-refractivity contribution in [3.8, 4) is 0 Å². The Morgan fingerprint density at radius 2 is 2.24 bits per heavy atom. The van der Waals surface area contributed by atoms with Crippen LogP contribution in [0, 0.1) is 5.82 Å². The fourth-order valence-electron chi connectivity index (χ4n) is 1.57. The molecule has 1 heterocycles. The second-order valence-corrected chi connectivity index (χ2v) is 5.69. The van der Waals surface area contributed by atoms with Crippen LogP contribution in [0.4, 0.5) is 4.39 Å². The highest BCUT2D eigenvalue weighted by molar-refractivity contribution is 9.10. The lowest BCUT2D eigenvalue weighted by atomic mass is 10.2. The molecule has 1 N–H and O–H groups in total. The van der Waals surface area contributed by atoms with Gasteiger partial charge in [-0.25, -0.2) is 4.39 Å². The summed E-state index contributed by atoms with van der Waals surface area (Å²) in [5.74, 6) is -0.216. The van der Waals surface area contributed by atoms with Crippen molar-refractivity contribution in [2.24, 2.45) is 0 Å². The van der Waals surface area contributed by atoms with Crippen LogP contribution in [0.25, 0.3) is 0 Å². The van der Waals surface area contributed by atoms with Crippen LogP contribution >= 0.6 is 27.3 Å². The monoisotopic (exact) mass is 313 g/mol. The van der Waals surface area contributed by atoms with Crippen LogP contribution in [-0.2, 0) is 6.54 Å². The van der Waals surface area contributed by atoms with E-state index in [1.165, 1.54) is 17.0 Å². The third-order valence-corrected chi connectivity index (χ3v) is 4.38. The zero-order valence-corrected chi connectivity index (χ0v) is 11.8. The molecule has 0 amide bonds. The van der Waals surface area contributed by atoms with Gasteiger partial charge in [0.1, 0.15) is 5.82 Å². The van der Waals surface area contributed by atoms with Crippen LogP contribution in [0.1, 0.15) is 23.4 Å². The van der Waals surface area contributed by atoms with Gasteiger partial charge in [0.05, 0.1) is 0 Å². The molecule has 0 bridgehead atoms. The lowest BCUT2D eigenvalue weighted by molar-refractivity contribution is 0.579. The highest BCUT2D eigenvalue weighted by Crippen LogP contribution is 2.21. The van der Waals surface area contributed by atoms with Crippen molar-refractivity contribution in [2.75, 3.05) is 0 Å². The summed E-state index contributed by atoms with van der Waals surface area (Å²) < 4.78 is 13.7. The summed E-state index contributed by atoms with van der Waals surface area (Å²) in [7, 11) is 0. The Hall–Kier alpha value is -0.710. The zero-order valence-electron chi connectivity index (χ0n) is 9.41. The molecule has 90 valence electrons. The summed E-state index contributed by atoms with van der Waals surface area (Å²) in [5.41, 5.74) is 1.06. The standard InChI is InChI=1S/C13H13BrFNS/c1-9(13-3-2-6-17-13)16-8-10-4-5-11(15)7-12(10)14/h2-7,9,16H,8H2,1H3/t9-/m1/s1. The van der Waals surface area contributed by atoms with E-state index in [0.29, 0.717) is 6.04 Å². The van der Waals surface area contributed by atoms with E-state index in [0.717, 1.165) is 16.6 Å². The second-order valence-electron chi connectivity index (χ2n) is 3.85. The Morgan fingerprint density at radius 1 is 1.41 bits per heavy atom. The second kappa shape index (κ2) is 5.76. The number of benzene rings is 1. The van der Waals surface area contributed by atoms with Crippen molar-refractivity contribution in [1.82, 2.24) is 5.32 Å². The van der Waals surface area contributed by atoms with Crippen molar-refractivity contribution in [3.05, 3.63) is 56.4 Å². The van der Waals surface area contributed by atoms with Crippen LogP contribution in [-0.4, -0.2) is 0 Å². The number of hydrogen-bond acceptors (Lipinski definition) is 2. The van der Waals surface area contributed by atoms with Crippen LogP contribution < -0.4 is 5.32 Å². The van der Waals surface area contributed by atoms with Gasteiger partial charge in [0.15, 0.2) is 0 Å². The van der Waals surface area contributed by atoms with Gasteiger partial charge in [-0.15, -0.1) is 11.3 Å². The molecule has 2 aromatic rings. The first-order chi connectivity index (χ1) is 8.16. The Labute approximate surface area is 113 Å². The van der Waals surface area contributed by atoms with E-state index in [4.69, 9.17) is 0 Å². The predicted octanol–water partition coefficient (Wildman–Crippen LogP) is 4.50. The third kappa shape index (κ3) is 3.37. The van der Waals surface area contributed by atoms with Crippen molar-refractivity contribution in [3.63, 3.8) is 0 Å². The molecule has 17 heavy (non-hydrogen) atoms. The molecule has 0 aliphatic heterocycles. The molecule has 0 fully saturated rings. The molecule has 1 nitrogen and oxygen atoms in total. The maximum Gasteiger partial charge on any atom is 0.124 e. The Kier molecular flexibility index (Phi) is 4.31. The summed E-state index contributed by atoms with van der Waals surface area (Å²) in [6, 6.07) is 9.25. The molecule has 0 spiro atoms. The number of thiophene rings is 1. The smallest absolute Gasteiger partial charge is 0.124 e. The molecule has 1 atom stereocenters. The first-order valence-corrected chi connectivity index (χ1v) is 7.05. The van der Waals surface area contributed by atoms with E-state index >= 15 is 0 Å². The van der Waals surface area contributed by atoms with E-state index in [-0.39, 0.29) is 5.82 Å². The van der Waals surface area contributed by atoms with Crippen LogP contribution in [0.2, 0.25) is 0 Å². The van der Waals surface area contributed by atoms with E-state index in [1.807, 2.05) is 6.07 Å². The van der Waals surface area contributed by atoms with Gasteiger partial charge in [-0.3, -0.25) is 0 Å². The molecule has 0 saturated carbocycles. The number of halogens is 2. The molecule has 2 rings (SSSR count). The summed E-state index contributed by atoms with van der Waals surface area (Å²) in [6.45, 7) is 2.85. The van der Waals surface area contributed by atoms with Crippen molar-refractivity contribution < 1.29 is 4.39 Å². The Balaban J connectivity index is 1.98. The third-order valence-electron chi connectivity index (χ3n) is 2.58. The molecule has 1 aromatic carbocycles. The molecular weight excluding hydrogens is 301 g/mol. The highest BCUT2D eigenvalue weighted by atomic mass is 79.9. The van der Waals surface area contributed by atoms with Gasteiger partial charge in [0.25, 0.3) is 0 Å². The molecule has 1 aromatic heterocycles. The molecule has 0 unspecified atom stereocenters. The van der Waals surface area contributed by atoms with Crippen LogP contribution in [0.3, 0.4) is 0 Å². The maximum atomic E-state index is 12.9. The first-order valence-electron chi connectivity index (χ1n) is 5.37. The van der Waals surface area contributed by atoms with Crippen molar-refractivity contribution >= 4 is 27.3 Å². The van der Waals surface area contributed by atoms with Gasteiger partial charge in [0, 0.05) is 21.9 Å². The van der Waals surface area contributed by atoms with Crippen LogP contribution in [0.5, 0.6) is 0 Å². The fraction of sp³-hybridized carbons (Fsp3) is 0.231.